The standard InChI is InChI=1S/C61H42N2S/c1-61(2)53-28-13-11-24-52(53)58-50(26-16-29-54(58)61)47-21-9-10-22-48(47)56-38-55(62-60(63-56)42-19-7-4-8-20-42)45-36-43(41-33-31-40(32-34-41)39-17-5-3-6-18-39)35-44(37-45)46-25-15-27-51-49-23-12-14-30-57(49)64-59(46)51/h3-38H,1-2H3. The molecular weight excluding hydrogens is 793 g/mol. The summed E-state index contributed by atoms with van der Waals surface area (Å²) in [5, 5.41) is 2.57. The van der Waals surface area contributed by atoms with Gasteiger partial charge < -0.3 is 0 Å². The Morgan fingerprint density at radius 1 is 0.344 bits per heavy atom. The topological polar surface area (TPSA) is 25.8 Å². The number of benzene rings is 9. The summed E-state index contributed by atoms with van der Waals surface area (Å²) >= 11 is 1.86. The normalized spacial score (nSPS) is 12.7. The second kappa shape index (κ2) is 15.3. The van der Waals surface area contributed by atoms with Crippen LogP contribution in [-0.2, 0) is 5.41 Å². The second-order valence-corrected chi connectivity index (χ2v) is 18.3. The number of thiophene rings is 1. The summed E-state index contributed by atoms with van der Waals surface area (Å²) in [6, 6.07) is 79.1. The van der Waals surface area contributed by atoms with Crippen LogP contribution in [0, 0.1) is 0 Å². The van der Waals surface area contributed by atoms with E-state index in [2.05, 4.69) is 226 Å². The van der Waals surface area contributed by atoms with Crippen molar-refractivity contribution < 1.29 is 0 Å². The van der Waals surface area contributed by atoms with E-state index in [0.717, 1.165) is 50.3 Å². The van der Waals surface area contributed by atoms with Gasteiger partial charge in [0.05, 0.1) is 11.4 Å². The van der Waals surface area contributed by atoms with Crippen molar-refractivity contribution in [2.24, 2.45) is 0 Å². The quantitative estimate of drug-likeness (QED) is 0.160. The van der Waals surface area contributed by atoms with Crippen LogP contribution in [0.4, 0.5) is 0 Å². The van der Waals surface area contributed by atoms with Gasteiger partial charge in [0.2, 0.25) is 0 Å². The van der Waals surface area contributed by atoms with E-state index in [4.69, 9.17) is 9.97 Å². The van der Waals surface area contributed by atoms with Crippen molar-refractivity contribution in [2.45, 2.75) is 19.3 Å². The molecule has 64 heavy (non-hydrogen) atoms. The van der Waals surface area contributed by atoms with E-state index in [1.54, 1.807) is 0 Å². The van der Waals surface area contributed by atoms with Crippen molar-refractivity contribution in [1.29, 1.82) is 0 Å². The zero-order valence-corrected chi connectivity index (χ0v) is 36.4. The van der Waals surface area contributed by atoms with Crippen LogP contribution in [0.25, 0.3) is 110 Å². The molecular formula is C61H42N2S. The van der Waals surface area contributed by atoms with Crippen molar-refractivity contribution in [3.63, 3.8) is 0 Å². The third-order valence-electron chi connectivity index (χ3n) is 13.1. The molecule has 12 rings (SSSR count). The van der Waals surface area contributed by atoms with Crippen molar-refractivity contribution in [3.8, 4) is 89.5 Å². The van der Waals surface area contributed by atoms with Crippen LogP contribution in [-0.4, -0.2) is 9.97 Å². The van der Waals surface area contributed by atoms with Crippen LogP contribution in [0.2, 0.25) is 0 Å². The largest absolute Gasteiger partial charge is 0.228 e. The van der Waals surface area contributed by atoms with Crippen molar-refractivity contribution >= 4 is 31.5 Å². The lowest BCUT2D eigenvalue weighted by Crippen LogP contribution is -2.14. The summed E-state index contributed by atoms with van der Waals surface area (Å²) in [6.07, 6.45) is 0. The second-order valence-electron chi connectivity index (χ2n) is 17.3. The smallest absolute Gasteiger partial charge is 0.160 e. The highest BCUT2D eigenvalue weighted by molar-refractivity contribution is 7.26. The predicted molar refractivity (Wildman–Crippen MR) is 271 cm³/mol. The number of nitrogens with zero attached hydrogens (tertiary/aromatic N) is 2. The average molecular weight is 835 g/mol. The fraction of sp³-hybridized carbons (Fsp3) is 0.0492. The molecule has 2 aromatic heterocycles. The molecule has 3 heteroatoms. The molecule has 0 amide bonds. The first-order chi connectivity index (χ1) is 31.5. The van der Waals surface area contributed by atoms with Gasteiger partial charge in [-0.1, -0.05) is 202 Å². The molecule has 302 valence electrons. The fourth-order valence-corrected chi connectivity index (χ4v) is 11.2. The Bertz CT molecular complexity index is 3560. The Labute approximate surface area is 377 Å². The highest BCUT2D eigenvalue weighted by atomic mass is 32.1. The van der Waals surface area contributed by atoms with E-state index in [1.807, 2.05) is 17.4 Å². The minimum atomic E-state index is -0.107. The van der Waals surface area contributed by atoms with Gasteiger partial charge in [-0.25, -0.2) is 9.97 Å². The molecule has 0 atom stereocenters. The third-order valence-corrected chi connectivity index (χ3v) is 14.3. The SMILES string of the molecule is CC1(C)c2ccccc2-c2c(-c3ccccc3-c3cc(-c4cc(-c5ccc(-c6ccccc6)cc5)cc(-c5cccc6c5sc5ccccc56)c4)nc(-c4ccccc4)n3)cccc21. The monoisotopic (exact) mass is 834 g/mol. The van der Waals surface area contributed by atoms with Crippen LogP contribution < -0.4 is 0 Å². The first-order valence-electron chi connectivity index (χ1n) is 22.0. The summed E-state index contributed by atoms with van der Waals surface area (Å²) in [5.74, 6) is 0.693. The zero-order chi connectivity index (χ0) is 42.8. The van der Waals surface area contributed by atoms with Gasteiger partial charge in [-0.15, -0.1) is 11.3 Å². The van der Waals surface area contributed by atoms with E-state index >= 15 is 0 Å². The van der Waals surface area contributed by atoms with Gasteiger partial charge in [0, 0.05) is 42.3 Å². The van der Waals surface area contributed by atoms with Crippen molar-refractivity contribution in [2.75, 3.05) is 0 Å². The Morgan fingerprint density at radius 2 is 0.875 bits per heavy atom. The van der Waals surface area contributed by atoms with E-state index in [9.17, 15) is 0 Å². The summed E-state index contributed by atoms with van der Waals surface area (Å²) in [6.45, 7) is 4.69. The highest BCUT2D eigenvalue weighted by Crippen LogP contribution is 2.53. The first-order valence-corrected chi connectivity index (χ1v) is 22.8. The molecule has 1 aliphatic carbocycles. The van der Waals surface area contributed by atoms with Gasteiger partial charge in [0.1, 0.15) is 0 Å². The Hall–Kier alpha value is -7.72. The maximum Gasteiger partial charge on any atom is 0.160 e. The number of hydrogen-bond donors (Lipinski definition) is 0. The van der Waals surface area contributed by atoms with E-state index < -0.39 is 0 Å². The van der Waals surface area contributed by atoms with Gasteiger partial charge in [0.25, 0.3) is 0 Å². The van der Waals surface area contributed by atoms with Gasteiger partial charge in [-0.05, 0) is 97.1 Å². The number of aromatic nitrogens is 2. The van der Waals surface area contributed by atoms with Gasteiger partial charge in [-0.3, -0.25) is 0 Å². The molecule has 0 aliphatic heterocycles. The fourth-order valence-electron chi connectivity index (χ4n) is 9.93. The molecule has 0 saturated carbocycles. The molecule has 2 heterocycles. The van der Waals surface area contributed by atoms with Gasteiger partial charge in [0.15, 0.2) is 5.82 Å². The molecule has 0 N–H and O–H groups in total. The zero-order valence-electron chi connectivity index (χ0n) is 35.6. The highest BCUT2D eigenvalue weighted by Gasteiger charge is 2.36. The van der Waals surface area contributed by atoms with Crippen molar-refractivity contribution in [3.05, 3.63) is 230 Å². The average Bonchev–Trinajstić information content (AvgIpc) is 3.86. The first kappa shape index (κ1) is 38.0. The predicted octanol–water partition coefficient (Wildman–Crippen LogP) is 16.8. The Balaban J connectivity index is 1.08. The maximum absolute atomic E-state index is 5.42. The molecule has 11 aromatic rings. The number of hydrogen-bond acceptors (Lipinski definition) is 3. The molecule has 1 aliphatic rings. The summed E-state index contributed by atoms with van der Waals surface area (Å²) in [5.41, 5.74) is 19.5. The minimum absolute atomic E-state index is 0.107. The molecule has 0 saturated heterocycles. The van der Waals surface area contributed by atoms with E-state index in [0.29, 0.717) is 5.82 Å². The third kappa shape index (κ3) is 6.39. The minimum Gasteiger partial charge on any atom is -0.228 e. The van der Waals surface area contributed by atoms with E-state index in [-0.39, 0.29) is 5.41 Å². The van der Waals surface area contributed by atoms with Crippen LogP contribution in [0.3, 0.4) is 0 Å². The molecule has 2 nitrogen and oxygen atoms in total. The molecule has 0 fully saturated rings. The molecule has 0 radical (unpaired) electrons. The van der Waals surface area contributed by atoms with E-state index in [1.165, 1.54) is 64.7 Å². The number of fused-ring (bicyclic) bond motifs is 6. The molecule has 9 aromatic carbocycles. The van der Waals surface area contributed by atoms with Crippen LogP contribution in [0.5, 0.6) is 0 Å². The summed E-state index contributed by atoms with van der Waals surface area (Å²) in [7, 11) is 0. The Kier molecular flexibility index (Phi) is 9.06. The lowest BCUT2D eigenvalue weighted by atomic mass is 9.81. The molecule has 0 unspecified atom stereocenters. The van der Waals surface area contributed by atoms with Gasteiger partial charge in [-0.2, -0.15) is 0 Å². The summed E-state index contributed by atoms with van der Waals surface area (Å²) in [4.78, 5) is 10.8. The molecule has 0 bridgehead atoms. The maximum atomic E-state index is 5.42. The summed E-state index contributed by atoms with van der Waals surface area (Å²) < 4.78 is 2.58. The Morgan fingerprint density at radius 3 is 1.67 bits per heavy atom. The lowest BCUT2D eigenvalue weighted by Gasteiger charge is -2.22. The number of rotatable bonds is 7. The molecule has 0 spiro atoms. The lowest BCUT2D eigenvalue weighted by molar-refractivity contribution is 0.660. The van der Waals surface area contributed by atoms with Crippen LogP contribution in [0.15, 0.2) is 218 Å². The van der Waals surface area contributed by atoms with Gasteiger partial charge >= 0.3 is 0 Å². The van der Waals surface area contributed by atoms with Crippen LogP contribution in [0.1, 0.15) is 25.0 Å². The van der Waals surface area contributed by atoms with Crippen molar-refractivity contribution in [1.82, 2.24) is 9.97 Å². The van der Waals surface area contributed by atoms with Crippen LogP contribution >= 0.6 is 11.3 Å².